The van der Waals surface area contributed by atoms with Crippen LogP contribution in [0.25, 0.3) is 0 Å². The van der Waals surface area contributed by atoms with Crippen LogP contribution >= 0.6 is 0 Å². The van der Waals surface area contributed by atoms with Gasteiger partial charge in [-0.15, -0.1) is 0 Å². The van der Waals surface area contributed by atoms with Crippen molar-refractivity contribution in [2.75, 3.05) is 11.5 Å². The van der Waals surface area contributed by atoms with Crippen molar-refractivity contribution in [1.29, 1.82) is 0 Å². The summed E-state index contributed by atoms with van der Waals surface area (Å²) in [6.07, 6.45) is 1.39. The fraction of sp³-hybridized carbons (Fsp3) is 0.286. The van der Waals surface area contributed by atoms with E-state index >= 15 is 0 Å². The molecule has 0 spiro atoms. The van der Waals surface area contributed by atoms with Gasteiger partial charge in [-0.2, -0.15) is 0 Å². The van der Waals surface area contributed by atoms with E-state index in [1.165, 1.54) is 12.3 Å². The molecule has 0 aliphatic carbocycles. The summed E-state index contributed by atoms with van der Waals surface area (Å²) >= 11 is 0. The van der Waals surface area contributed by atoms with E-state index in [0.717, 1.165) is 0 Å². The van der Waals surface area contributed by atoms with Gasteiger partial charge in [-0.1, -0.05) is 6.92 Å². The van der Waals surface area contributed by atoms with Crippen LogP contribution < -0.4 is 5.73 Å². The van der Waals surface area contributed by atoms with E-state index in [1.807, 2.05) is 0 Å². The Morgan fingerprint density at radius 3 is 2.75 bits per heavy atom. The van der Waals surface area contributed by atoms with Crippen LogP contribution in [0, 0.1) is 0 Å². The number of rotatable bonds is 2. The molecule has 0 radical (unpaired) electrons. The molecule has 0 aliphatic rings. The predicted octanol–water partition coefficient (Wildman–Crippen LogP) is 0.457. The average Bonchev–Trinajstić information content (AvgIpc) is 2.05. The van der Waals surface area contributed by atoms with Crippen molar-refractivity contribution in [2.45, 2.75) is 11.9 Å². The van der Waals surface area contributed by atoms with Crippen LogP contribution in [0.5, 0.6) is 0 Å². The highest BCUT2D eigenvalue weighted by molar-refractivity contribution is 7.91. The number of hydrogen-bond donors (Lipinski definition) is 1. The first-order valence-corrected chi connectivity index (χ1v) is 5.16. The average molecular weight is 186 g/mol. The van der Waals surface area contributed by atoms with Crippen LogP contribution in [0.15, 0.2) is 23.4 Å². The molecule has 1 aromatic rings. The number of aromatic nitrogens is 1. The number of nitrogens with zero attached hydrogens (tertiary/aromatic N) is 1. The Morgan fingerprint density at radius 2 is 2.25 bits per heavy atom. The second-order valence-corrected chi connectivity index (χ2v) is 4.56. The maximum Gasteiger partial charge on any atom is 0.195 e. The zero-order valence-corrected chi connectivity index (χ0v) is 7.50. The van der Waals surface area contributed by atoms with E-state index < -0.39 is 9.84 Å². The summed E-state index contributed by atoms with van der Waals surface area (Å²) in [5.74, 6) is 0.0451. The van der Waals surface area contributed by atoms with Gasteiger partial charge in [0.2, 0.25) is 0 Å². The molecule has 0 aliphatic heterocycles. The first-order valence-electron chi connectivity index (χ1n) is 3.50. The van der Waals surface area contributed by atoms with Crippen LogP contribution in [0.1, 0.15) is 6.92 Å². The third-order valence-corrected chi connectivity index (χ3v) is 3.08. The standard InChI is InChI=1S/C7H10N2O2S/c1-2-12(10,11)7-5-6(8)3-4-9-7/h3-5H,2H2,1H3,(H2,8,9). The summed E-state index contributed by atoms with van der Waals surface area (Å²) in [5.41, 5.74) is 5.82. The summed E-state index contributed by atoms with van der Waals surface area (Å²) in [6.45, 7) is 1.57. The Labute approximate surface area is 71.3 Å². The van der Waals surface area contributed by atoms with E-state index in [0.29, 0.717) is 5.69 Å². The number of hydrogen-bond acceptors (Lipinski definition) is 4. The first kappa shape index (κ1) is 8.99. The molecule has 66 valence electrons. The van der Waals surface area contributed by atoms with Crippen molar-refractivity contribution < 1.29 is 8.42 Å². The largest absolute Gasteiger partial charge is 0.399 e. The first-order chi connectivity index (χ1) is 5.56. The summed E-state index contributed by atoms with van der Waals surface area (Å²) in [6, 6.07) is 2.91. The number of sulfone groups is 1. The second kappa shape index (κ2) is 3.10. The van der Waals surface area contributed by atoms with Gasteiger partial charge in [0.05, 0.1) is 5.75 Å². The van der Waals surface area contributed by atoms with Gasteiger partial charge in [0.15, 0.2) is 14.9 Å². The van der Waals surface area contributed by atoms with Crippen molar-refractivity contribution in [3.8, 4) is 0 Å². The fourth-order valence-corrected chi connectivity index (χ4v) is 1.58. The second-order valence-electron chi connectivity index (χ2n) is 2.33. The highest BCUT2D eigenvalue weighted by Gasteiger charge is 2.12. The van der Waals surface area contributed by atoms with Crippen molar-refractivity contribution in [3.63, 3.8) is 0 Å². The molecule has 5 heteroatoms. The molecule has 1 heterocycles. The molecule has 1 rings (SSSR count). The van der Waals surface area contributed by atoms with Crippen LogP contribution in [0.4, 0.5) is 5.69 Å². The molecular formula is C7H10N2O2S. The van der Waals surface area contributed by atoms with Crippen molar-refractivity contribution >= 4 is 15.5 Å². The van der Waals surface area contributed by atoms with E-state index in [4.69, 9.17) is 5.73 Å². The number of nitrogens with two attached hydrogens (primary N) is 1. The molecule has 2 N–H and O–H groups in total. The number of pyridine rings is 1. The zero-order chi connectivity index (χ0) is 9.19. The molecule has 0 saturated heterocycles. The Kier molecular flexibility index (Phi) is 2.32. The van der Waals surface area contributed by atoms with E-state index in [2.05, 4.69) is 4.98 Å². The van der Waals surface area contributed by atoms with Crippen molar-refractivity contribution in [3.05, 3.63) is 18.3 Å². The van der Waals surface area contributed by atoms with Crippen LogP contribution in [-0.4, -0.2) is 19.2 Å². The molecule has 12 heavy (non-hydrogen) atoms. The topological polar surface area (TPSA) is 73.0 Å². The van der Waals surface area contributed by atoms with Crippen LogP contribution in [-0.2, 0) is 9.84 Å². The lowest BCUT2D eigenvalue weighted by atomic mass is 10.4. The molecule has 4 nitrogen and oxygen atoms in total. The van der Waals surface area contributed by atoms with Gasteiger partial charge in [0.1, 0.15) is 0 Å². The number of anilines is 1. The molecule has 0 fully saturated rings. The summed E-state index contributed by atoms with van der Waals surface area (Å²) in [7, 11) is -3.21. The monoisotopic (exact) mass is 186 g/mol. The lowest BCUT2D eigenvalue weighted by molar-refractivity contribution is 0.593. The Balaban J connectivity index is 3.21. The molecule has 0 amide bonds. The van der Waals surface area contributed by atoms with Gasteiger partial charge >= 0.3 is 0 Å². The molecule has 0 bridgehead atoms. The van der Waals surface area contributed by atoms with Gasteiger partial charge in [0, 0.05) is 11.9 Å². The van der Waals surface area contributed by atoms with Crippen molar-refractivity contribution in [2.24, 2.45) is 0 Å². The fourth-order valence-electron chi connectivity index (χ4n) is 0.743. The summed E-state index contributed by atoms with van der Waals surface area (Å²) in [5, 5.41) is 0.0463. The van der Waals surface area contributed by atoms with Crippen LogP contribution in [0.3, 0.4) is 0 Å². The van der Waals surface area contributed by atoms with Gasteiger partial charge < -0.3 is 5.73 Å². The molecule has 1 aromatic heterocycles. The summed E-state index contributed by atoms with van der Waals surface area (Å²) < 4.78 is 22.5. The number of nitrogen functional groups attached to an aromatic ring is 1. The van der Waals surface area contributed by atoms with E-state index in [1.54, 1.807) is 13.0 Å². The normalized spacial score (nSPS) is 11.4. The Bertz CT molecular complexity index is 373. The Morgan fingerprint density at radius 1 is 1.58 bits per heavy atom. The van der Waals surface area contributed by atoms with Gasteiger partial charge in [0.25, 0.3) is 0 Å². The maximum absolute atomic E-state index is 11.2. The third kappa shape index (κ3) is 1.73. The minimum absolute atomic E-state index is 0.0451. The third-order valence-electron chi connectivity index (χ3n) is 1.46. The molecular weight excluding hydrogens is 176 g/mol. The minimum atomic E-state index is -3.21. The van der Waals surface area contributed by atoms with Crippen molar-refractivity contribution in [1.82, 2.24) is 4.98 Å². The molecule has 0 unspecified atom stereocenters. The van der Waals surface area contributed by atoms with E-state index in [9.17, 15) is 8.42 Å². The SMILES string of the molecule is CCS(=O)(=O)c1cc(N)ccn1. The van der Waals surface area contributed by atoms with E-state index in [-0.39, 0.29) is 10.8 Å². The van der Waals surface area contributed by atoms with Gasteiger partial charge in [-0.05, 0) is 12.1 Å². The maximum atomic E-state index is 11.2. The minimum Gasteiger partial charge on any atom is -0.399 e. The smallest absolute Gasteiger partial charge is 0.195 e. The Hall–Kier alpha value is -1.10. The quantitative estimate of drug-likeness (QED) is 0.728. The molecule has 0 atom stereocenters. The summed E-state index contributed by atoms with van der Waals surface area (Å²) in [4.78, 5) is 3.71. The van der Waals surface area contributed by atoms with Crippen LogP contribution in [0.2, 0.25) is 0 Å². The predicted molar refractivity (Wildman–Crippen MR) is 46.4 cm³/mol. The lowest BCUT2D eigenvalue weighted by Crippen LogP contribution is -2.06. The molecule has 0 aromatic carbocycles. The zero-order valence-electron chi connectivity index (χ0n) is 6.69. The highest BCUT2D eigenvalue weighted by Crippen LogP contribution is 2.10. The van der Waals surface area contributed by atoms with Gasteiger partial charge in [-0.25, -0.2) is 13.4 Å². The van der Waals surface area contributed by atoms with Gasteiger partial charge in [-0.3, -0.25) is 0 Å². The highest BCUT2D eigenvalue weighted by atomic mass is 32.2. The lowest BCUT2D eigenvalue weighted by Gasteiger charge is -1.99. The molecule has 0 saturated carbocycles.